The summed E-state index contributed by atoms with van der Waals surface area (Å²) in [6, 6.07) is 12.4. The third-order valence-electron chi connectivity index (χ3n) is 3.73. The molecule has 2 aromatic carbocycles. The molecular formula is C18H14BrNO4. The first-order valence-electron chi connectivity index (χ1n) is 7.13. The number of rotatable bonds is 3. The van der Waals surface area contributed by atoms with Gasteiger partial charge in [0.2, 0.25) is 0 Å². The highest BCUT2D eigenvalue weighted by Crippen LogP contribution is 2.27. The van der Waals surface area contributed by atoms with Gasteiger partial charge in [-0.05, 0) is 24.3 Å². The van der Waals surface area contributed by atoms with Crippen LogP contribution in [0.5, 0.6) is 5.75 Å². The monoisotopic (exact) mass is 387 g/mol. The van der Waals surface area contributed by atoms with Crippen molar-refractivity contribution in [3.05, 3.63) is 64.3 Å². The number of carbonyl (C=O) groups excluding carboxylic acids is 2. The Morgan fingerprint density at radius 3 is 2.50 bits per heavy atom. The standard InChI is InChI=1S/C18H14BrNO4/c1-23-16-8-7-11(19)9-13(16)17(21)20-10-14(18(22)24-2)12-5-3-4-6-15(12)20/h3-10H,1-2H3. The number of fused-ring (bicyclic) bond motifs is 1. The summed E-state index contributed by atoms with van der Waals surface area (Å²) in [5, 5.41) is 0.659. The van der Waals surface area contributed by atoms with E-state index < -0.39 is 5.97 Å². The summed E-state index contributed by atoms with van der Waals surface area (Å²) in [5.74, 6) is -0.320. The van der Waals surface area contributed by atoms with Gasteiger partial charge >= 0.3 is 5.97 Å². The number of para-hydroxylation sites is 1. The van der Waals surface area contributed by atoms with E-state index in [0.29, 0.717) is 27.8 Å². The summed E-state index contributed by atoms with van der Waals surface area (Å²) in [6.45, 7) is 0. The van der Waals surface area contributed by atoms with Gasteiger partial charge in [-0.25, -0.2) is 4.79 Å². The molecule has 0 spiro atoms. The van der Waals surface area contributed by atoms with Gasteiger partial charge in [-0.3, -0.25) is 9.36 Å². The van der Waals surface area contributed by atoms with Gasteiger partial charge in [0, 0.05) is 16.1 Å². The van der Waals surface area contributed by atoms with Crippen LogP contribution in [0.15, 0.2) is 53.1 Å². The van der Waals surface area contributed by atoms with Crippen molar-refractivity contribution in [2.75, 3.05) is 14.2 Å². The summed E-state index contributed by atoms with van der Waals surface area (Å²) in [4.78, 5) is 25.0. The maximum Gasteiger partial charge on any atom is 0.340 e. The molecule has 0 amide bonds. The maximum atomic E-state index is 13.0. The van der Waals surface area contributed by atoms with Crippen molar-refractivity contribution in [1.82, 2.24) is 4.57 Å². The van der Waals surface area contributed by atoms with E-state index in [-0.39, 0.29) is 5.91 Å². The van der Waals surface area contributed by atoms with E-state index >= 15 is 0 Å². The van der Waals surface area contributed by atoms with Gasteiger partial charge in [-0.1, -0.05) is 34.1 Å². The molecule has 0 aliphatic rings. The summed E-state index contributed by atoms with van der Waals surface area (Å²) < 4.78 is 12.3. The topological polar surface area (TPSA) is 57.5 Å². The molecule has 24 heavy (non-hydrogen) atoms. The van der Waals surface area contributed by atoms with Crippen LogP contribution >= 0.6 is 15.9 Å². The van der Waals surface area contributed by atoms with Gasteiger partial charge in [0.25, 0.3) is 5.91 Å². The number of hydrogen-bond donors (Lipinski definition) is 0. The second kappa shape index (κ2) is 6.49. The molecule has 3 aromatic rings. The van der Waals surface area contributed by atoms with E-state index in [0.717, 1.165) is 4.47 Å². The van der Waals surface area contributed by atoms with Gasteiger partial charge in [-0.15, -0.1) is 0 Å². The number of methoxy groups -OCH3 is 2. The zero-order valence-corrected chi connectivity index (χ0v) is 14.7. The number of halogens is 1. The molecule has 0 saturated carbocycles. The zero-order valence-electron chi connectivity index (χ0n) is 13.1. The third kappa shape index (κ3) is 2.69. The average molecular weight is 388 g/mol. The predicted molar refractivity (Wildman–Crippen MR) is 93.7 cm³/mol. The lowest BCUT2D eigenvalue weighted by Crippen LogP contribution is -2.12. The highest BCUT2D eigenvalue weighted by molar-refractivity contribution is 9.10. The Kier molecular flexibility index (Phi) is 4.40. The highest BCUT2D eigenvalue weighted by atomic mass is 79.9. The second-order valence-corrected chi connectivity index (χ2v) is 5.99. The molecule has 0 bridgehead atoms. The molecule has 0 radical (unpaired) electrons. The van der Waals surface area contributed by atoms with Gasteiger partial charge in [0.1, 0.15) is 5.75 Å². The Bertz CT molecular complexity index is 945. The molecule has 0 fully saturated rings. The molecule has 3 rings (SSSR count). The predicted octanol–water partition coefficient (Wildman–Crippen LogP) is 3.89. The number of esters is 1. The SMILES string of the molecule is COC(=O)c1cn(C(=O)c2cc(Br)ccc2OC)c2ccccc12. The summed E-state index contributed by atoms with van der Waals surface area (Å²) in [7, 11) is 2.82. The smallest absolute Gasteiger partial charge is 0.340 e. The third-order valence-corrected chi connectivity index (χ3v) is 4.22. The molecule has 0 saturated heterocycles. The molecule has 122 valence electrons. The lowest BCUT2D eigenvalue weighted by atomic mass is 10.1. The Hall–Kier alpha value is -2.60. The van der Waals surface area contributed by atoms with Crippen LogP contribution in [0.2, 0.25) is 0 Å². The van der Waals surface area contributed by atoms with Gasteiger partial charge in [-0.2, -0.15) is 0 Å². The minimum Gasteiger partial charge on any atom is -0.496 e. The average Bonchev–Trinajstić information content (AvgIpc) is 3.00. The Balaban J connectivity index is 2.22. The molecule has 0 aliphatic heterocycles. The minimum absolute atomic E-state index is 0.292. The van der Waals surface area contributed by atoms with Crippen molar-refractivity contribution in [2.24, 2.45) is 0 Å². The minimum atomic E-state index is -0.487. The van der Waals surface area contributed by atoms with Crippen molar-refractivity contribution in [1.29, 1.82) is 0 Å². The normalized spacial score (nSPS) is 10.6. The van der Waals surface area contributed by atoms with Crippen molar-refractivity contribution in [3.8, 4) is 5.75 Å². The fourth-order valence-corrected chi connectivity index (χ4v) is 2.96. The van der Waals surface area contributed by atoms with Crippen LogP contribution in [0.1, 0.15) is 20.7 Å². The van der Waals surface area contributed by atoms with Gasteiger partial charge < -0.3 is 9.47 Å². The molecule has 1 aromatic heterocycles. The highest BCUT2D eigenvalue weighted by Gasteiger charge is 2.21. The van der Waals surface area contributed by atoms with Crippen LogP contribution in [0, 0.1) is 0 Å². The van der Waals surface area contributed by atoms with Crippen LogP contribution in [0.3, 0.4) is 0 Å². The van der Waals surface area contributed by atoms with Crippen molar-refractivity contribution in [2.45, 2.75) is 0 Å². The van der Waals surface area contributed by atoms with E-state index in [1.54, 1.807) is 30.3 Å². The van der Waals surface area contributed by atoms with E-state index in [2.05, 4.69) is 15.9 Å². The van der Waals surface area contributed by atoms with Crippen LogP contribution in [0.25, 0.3) is 10.9 Å². The molecule has 6 heteroatoms. The molecular weight excluding hydrogens is 374 g/mol. The van der Waals surface area contributed by atoms with Crippen LogP contribution in [-0.2, 0) is 4.74 Å². The first-order valence-corrected chi connectivity index (χ1v) is 7.92. The Morgan fingerprint density at radius 2 is 1.79 bits per heavy atom. The van der Waals surface area contributed by atoms with Crippen molar-refractivity contribution < 1.29 is 19.1 Å². The zero-order chi connectivity index (χ0) is 17.3. The molecule has 1 heterocycles. The van der Waals surface area contributed by atoms with E-state index in [1.807, 2.05) is 12.1 Å². The molecule has 0 N–H and O–H groups in total. The molecule has 0 unspecified atom stereocenters. The Labute approximate surface area is 146 Å². The largest absolute Gasteiger partial charge is 0.496 e. The lowest BCUT2D eigenvalue weighted by Gasteiger charge is -2.09. The number of benzene rings is 2. The quantitative estimate of drug-likeness (QED) is 0.639. The molecule has 0 atom stereocenters. The number of carbonyl (C=O) groups is 2. The number of ether oxygens (including phenoxy) is 2. The fraction of sp³-hybridized carbons (Fsp3) is 0.111. The number of aromatic nitrogens is 1. The number of hydrogen-bond acceptors (Lipinski definition) is 4. The Morgan fingerprint density at radius 1 is 1.04 bits per heavy atom. The fourth-order valence-electron chi connectivity index (χ4n) is 2.60. The van der Waals surface area contributed by atoms with Crippen molar-refractivity contribution >= 4 is 38.7 Å². The van der Waals surface area contributed by atoms with E-state index in [9.17, 15) is 9.59 Å². The summed E-state index contributed by atoms with van der Waals surface area (Å²) >= 11 is 3.36. The maximum absolute atomic E-state index is 13.0. The van der Waals surface area contributed by atoms with Gasteiger partial charge in [0.05, 0.1) is 30.9 Å². The lowest BCUT2D eigenvalue weighted by molar-refractivity contribution is 0.0603. The number of nitrogens with zero attached hydrogens (tertiary/aromatic N) is 1. The van der Waals surface area contributed by atoms with E-state index in [4.69, 9.17) is 9.47 Å². The van der Waals surface area contributed by atoms with Gasteiger partial charge in [0.15, 0.2) is 0 Å². The first kappa shape index (κ1) is 16.3. The van der Waals surface area contributed by atoms with Crippen LogP contribution in [0.4, 0.5) is 0 Å². The van der Waals surface area contributed by atoms with Crippen LogP contribution < -0.4 is 4.74 Å². The summed E-state index contributed by atoms with van der Waals surface area (Å²) in [6.07, 6.45) is 1.50. The second-order valence-electron chi connectivity index (χ2n) is 5.07. The van der Waals surface area contributed by atoms with Crippen molar-refractivity contribution in [3.63, 3.8) is 0 Å². The van der Waals surface area contributed by atoms with E-state index in [1.165, 1.54) is 25.0 Å². The summed E-state index contributed by atoms with van der Waals surface area (Å²) in [5.41, 5.74) is 1.37. The van der Waals surface area contributed by atoms with Crippen LogP contribution in [-0.4, -0.2) is 30.7 Å². The molecule has 0 aliphatic carbocycles. The first-order chi connectivity index (χ1) is 11.6. The molecule has 5 nitrogen and oxygen atoms in total.